The molecule has 3 N–H and O–H groups in total. The van der Waals surface area contributed by atoms with Crippen LogP contribution in [-0.2, 0) is 18.4 Å². The van der Waals surface area contributed by atoms with Gasteiger partial charge >= 0.3 is 6.03 Å². The predicted octanol–water partition coefficient (Wildman–Crippen LogP) is 2.19. The van der Waals surface area contributed by atoms with E-state index >= 15 is 0 Å². The van der Waals surface area contributed by atoms with E-state index in [-0.39, 0.29) is 11.8 Å². The van der Waals surface area contributed by atoms with E-state index in [2.05, 4.69) is 20.9 Å². The number of amides is 4. The van der Waals surface area contributed by atoms with Crippen molar-refractivity contribution in [2.75, 3.05) is 5.75 Å². The summed E-state index contributed by atoms with van der Waals surface area (Å²) < 4.78 is 1.96. The fraction of sp³-hybridized carbons (Fsp3) is 0.238. The number of thioether (sulfide) groups is 1. The molecule has 3 aromatic rings. The van der Waals surface area contributed by atoms with E-state index in [0.29, 0.717) is 17.9 Å². The molecule has 4 rings (SSSR count). The summed E-state index contributed by atoms with van der Waals surface area (Å²) in [6.07, 6.45) is 0. The highest BCUT2D eigenvalue weighted by atomic mass is 32.2. The van der Waals surface area contributed by atoms with Crippen LogP contribution in [0.5, 0.6) is 0 Å². The standard InChI is InChI=1S/C21H21N5O3S/c1-21(19(28)24-20(29)25-21)12-30-16-10-6-3-7-13(16)18(27)22-11-17-23-14-8-4-5-9-15(14)26(17)2/h3-10H,11-12H2,1-2H3,(H,22,27)(H2,24,25,28,29)/t21-/m1/s1. The number of fused-ring (bicyclic) bond motifs is 1. The largest absolute Gasteiger partial charge is 0.345 e. The van der Waals surface area contributed by atoms with Crippen LogP contribution < -0.4 is 16.0 Å². The maximum absolute atomic E-state index is 12.8. The van der Waals surface area contributed by atoms with Gasteiger partial charge in [0.25, 0.3) is 11.8 Å². The van der Waals surface area contributed by atoms with Gasteiger partial charge in [-0.05, 0) is 31.2 Å². The molecule has 0 spiro atoms. The van der Waals surface area contributed by atoms with Crippen molar-refractivity contribution in [3.05, 3.63) is 59.9 Å². The molecule has 0 aliphatic carbocycles. The Morgan fingerprint density at radius 1 is 1.17 bits per heavy atom. The minimum absolute atomic E-state index is 0.227. The van der Waals surface area contributed by atoms with Crippen molar-refractivity contribution in [2.45, 2.75) is 23.9 Å². The molecule has 0 bridgehead atoms. The summed E-state index contributed by atoms with van der Waals surface area (Å²) in [6.45, 7) is 1.95. The van der Waals surface area contributed by atoms with Gasteiger partial charge in [-0.15, -0.1) is 11.8 Å². The Kier molecular flexibility index (Phi) is 5.21. The number of para-hydroxylation sites is 2. The minimum Gasteiger partial charge on any atom is -0.345 e. The highest BCUT2D eigenvalue weighted by Crippen LogP contribution is 2.27. The van der Waals surface area contributed by atoms with Gasteiger partial charge < -0.3 is 15.2 Å². The van der Waals surface area contributed by atoms with Crippen molar-refractivity contribution in [3.63, 3.8) is 0 Å². The summed E-state index contributed by atoms with van der Waals surface area (Å²) >= 11 is 1.35. The van der Waals surface area contributed by atoms with Crippen molar-refractivity contribution >= 4 is 40.6 Å². The number of urea groups is 1. The van der Waals surface area contributed by atoms with Crippen molar-refractivity contribution < 1.29 is 14.4 Å². The first-order valence-electron chi connectivity index (χ1n) is 9.41. The molecule has 1 aliphatic heterocycles. The van der Waals surface area contributed by atoms with E-state index in [0.717, 1.165) is 21.8 Å². The quantitative estimate of drug-likeness (QED) is 0.416. The maximum Gasteiger partial charge on any atom is 0.322 e. The molecule has 8 nitrogen and oxygen atoms in total. The van der Waals surface area contributed by atoms with Gasteiger partial charge in [-0.1, -0.05) is 24.3 Å². The number of imide groups is 1. The van der Waals surface area contributed by atoms with Crippen molar-refractivity contribution in [3.8, 4) is 0 Å². The fourth-order valence-electron chi connectivity index (χ4n) is 3.29. The third-order valence-electron chi connectivity index (χ3n) is 5.05. The summed E-state index contributed by atoms with van der Waals surface area (Å²) in [6, 6.07) is 14.5. The molecule has 4 amide bonds. The zero-order valence-electron chi connectivity index (χ0n) is 16.6. The molecular formula is C21H21N5O3S. The SMILES string of the molecule is Cn1c(CNC(=O)c2ccccc2SC[C@@]2(C)NC(=O)NC2=O)nc2ccccc21. The molecule has 0 unspecified atom stereocenters. The minimum atomic E-state index is -1.02. The first-order valence-corrected chi connectivity index (χ1v) is 10.4. The molecule has 1 saturated heterocycles. The summed E-state index contributed by atoms with van der Waals surface area (Å²) in [4.78, 5) is 41.6. The molecule has 30 heavy (non-hydrogen) atoms. The lowest BCUT2D eigenvalue weighted by atomic mass is 10.1. The van der Waals surface area contributed by atoms with Gasteiger partial charge in [0.15, 0.2) is 0 Å². The molecule has 1 atom stereocenters. The van der Waals surface area contributed by atoms with E-state index in [1.54, 1.807) is 19.1 Å². The maximum atomic E-state index is 12.8. The average molecular weight is 423 g/mol. The highest BCUT2D eigenvalue weighted by Gasteiger charge is 2.41. The monoisotopic (exact) mass is 423 g/mol. The third-order valence-corrected chi connectivity index (χ3v) is 6.44. The number of hydrogen-bond donors (Lipinski definition) is 3. The Hall–Kier alpha value is -3.33. The van der Waals surface area contributed by atoms with Crippen molar-refractivity contribution in [1.82, 2.24) is 25.5 Å². The van der Waals surface area contributed by atoms with Gasteiger partial charge in [0.1, 0.15) is 11.4 Å². The van der Waals surface area contributed by atoms with Crippen molar-refractivity contribution in [2.24, 2.45) is 7.05 Å². The van der Waals surface area contributed by atoms with Crippen LogP contribution in [0.3, 0.4) is 0 Å². The van der Waals surface area contributed by atoms with Gasteiger partial charge in [-0.25, -0.2) is 9.78 Å². The first kappa shape index (κ1) is 20.0. The fourth-order valence-corrected chi connectivity index (χ4v) is 4.43. The van der Waals surface area contributed by atoms with Gasteiger partial charge in [-0.2, -0.15) is 0 Å². The Morgan fingerprint density at radius 2 is 1.90 bits per heavy atom. The van der Waals surface area contributed by atoms with Gasteiger partial charge in [0.05, 0.1) is 23.1 Å². The summed E-state index contributed by atoms with van der Waals surface area (Å²) in [5.41, 5.74) is 1.38. The summed E-state index contributed by atoms with van der Waals surface area (Å²) in [5, 5.41) is 7.80. The van der Waals surface area contributed by atoms with Crippen LogP contribution in [-0.4, -0.2) is 38.7 Å². The predicted molar refractivity (Wildman–Crippen MR) is 114 cm³/mol. The topological polar surface area (TPSA) is 105 Å². The van der Waals surface area contributed by atoms with Crippen LogP contribution in [0, 0.1) is 0 Å². The molecule has 2 heterocycles. The Bertz CT molecular complexity index is 1160. The highest BCUT2D eigenvalue weighted by molar-refractivity contribution is 7.99. The number of nitrogens with one attached hydrogen (secondary N) is 3. The third kappa shape index (κ3) is 3.76. The number of aromatic nitrogens is 2. The number of rotatable bonds is 6. The number of imidazole rings is 1. The van der Waals surface area contributed by atoms with Crippen LogP contribution in [0.15, 0.2) is 53.4 Å². The van der Waals surface area contributed by atoms with Crippen LogP contribution in [0.1, 0.15) is 23.1 Å². The van der Waals surface area contributed by atoms with E-state index in [4.69, 9.17) is 0 Å². The zero-order valence-corrected chi connectivity index (χ0v) is 17.4. The lowest BCUT2D eigenvalue weighted by molar-refractivity contribution is -0.122. The second-order valence-corrected chi connectivity index (χ2v) is 8.30. The second kappa shape index (κ2) is 7.83. The van der Waals surface area contributed by atoms with Crippen LogP contribution in [0.25, 0.3) is 11.0 Å². The molecular weight excluding hydrogens is 402 g/mol. The summed E-state index contributed by atoms with van der Waals surface area (Å²) in [7, 11) is 1.92. The molecule has 0 saturated carbocycles. The summed E-state index contributed by atoms with van der Waals surface area (Å²) in [5.74, 6) is 0.464. The Morgan fingerprint density at radius 3 is 2.63 bits per heavy atom. The number of carbonyl (C=O) groups is 3. The molecule has 154 valence electrons. The molecule has 2 aromatic carbocycles. The first-order chi connectivity index (χ1) is 14.4. The van der Waals surface area contributed by atoms with E-state index in [1.807, 2.05) is 48.0 Å². The smallest absolute Gasteiger partial charge is 0.322 e. The molecule has 0 radical (unpaired) electrons. The molecule has 1 fully saturated rings. The second-order valence-electron chi connectivity index (χ2n) is 7.28. The normalized spacial score (nSPS) is 18.3. The van der Waals surface area contributed by atoms with Crippen LogP contribution >= 0.6 is 11.8 Å². The molecule has 1 aromatic heterocycles. The van der Waals surface area contributed by atoms with Gasteiger partial charge in [0, 0.05) is 17.7 Å². The van der Waals surface area contributed by atoms with Gasteiger partial charge in [0.2, 0.25) is 0 Å². The van der Waals surface area contributed by atoms with Crippen LogP contribution in [0.2, 0.25) is 0 Å². The lowest BCUT2D eigenvalue weighted by Gasteiger charge is -2.20. The number of carbonyl (C=O) groups excluding carboxylic acids is 3. The average Bonchev–Trinajstić information content (AvgIpc) is 3.20. The Labute approximate surface area is 177 Å². The lowest BCUT2D eigenvalue weighted by Crippen LogP contribution is -2.46. The van der Waals surface area contributed by atoms with Crippen LogP contribution in [0.4, 0.5) is 4.79 Å². The number of benzene rings is 2. The molecule has 9 heteroatoms. The number of aryl methyl sites for hydroxylation is 1. The number of nitrogens with zero attached hydrogens (tertiary/aromatic N) is 2. The van der Waals surface area contributed by atoms with Gasteiger partial charge in [-0.3, -0.25) is 14.9 Å². The zero-order chi connectivity index (χ0) is 21.3. The van der Waals surface area contributed by atoms with E-state index in [9.17, 15) is 14.4 Å². The molecule has 1 aliphatic rings. The Balaban J connectivity index is 1.46. The number of hydrogen-bond acceptors (Lipinski definition) is 5. The van der Waals surface area contributed by atoms with E-state index in [1.165, 1.54) is 11.8 Å². The van der Waals surface area contributed by atoms with Crippen molar-refractivity contribution in [1.29, 1.82) is 0 Å². The van der Waals surface area contributed by atoms with E-state index < -0.39 is 11.6 Å².